The number of aromatic nitrogens is 2. The number of esters is 1. The van der Waals surface area contributed by atoms with Crippen molar-refractivity contribution in [1.29, 1.82) is 0 Å². The number of hydrogen-bond donors (Lipinski definition) is 1. The van der Waals surface area contributed by atoms with Crippen molar-refractivity contribution >= 4 is 27.5 Å². The Kier molecular flexibility index (Phi) is 4.75. The number of nitrogens with one attached hydrogen (secondary N) is 1. The number of benzene rings is 1. The molecular weight excluding hydrogens is 400 g/mol. The molecule has 0 radical (unpaired) electrons. The largest absolute Gasteiger partial charge is 0.462 e. The van der Waals surface area contributed by atoms with Gasteiger partial charge >= 0.3 is 5.97 Å². The minimum Gasteiger partial charge on any atom is -0.462 e. The molecule has 0 spiro atoms. The Morgan fingerprint density at radius 2 is 1.90 bits per heavy atom. The average molecular weight is 420 g/mol. The lowest BCUT2D eigenvalue weighted by Gasteiger charge is -2.09. The van der Waals surface area contributed by atoms with Crippen LogP contribution < -0.4 is 5.56 Å². The summed E-state index contributed by atoms with van der Waals surface area (Å²) in [6.07, 6.45) is 4.27. The summed E-state index contributed by atoms with van der Waals surface area (Å²) in [5.74, 6) is 1.22. The van der Waals surface area contributed by atoms with E-state index in [1.54, 1.807) is 36.5 Å². The van der Waals surface area contributed by atoms with Crippen LogP contribution >= 0.6 is 11.3 Å². The summed E-state index contributed by atoms with van der Waals surface area (Å²) in [5, 5.41) is 0.736. The molecule has 152 valence electrons. The van der Waals surface area contributed by atoms with Crippen molar-refractivity contribution in [3.63, 3.8) is 0 Å². The van der Waals surface area contributed by atoms with Gasteiger partial charge in [-0.3, -0.25) is 4.79 Å². The molecule has 0 saturated heterocycles. The van der Waals surface area contributed by atoms with Crippen LogP contribution in [0.3, 0.4) is 0 Å². The van der Waals surface area contributed by atoms with Crippen molar-refractivity contribution in [3.05, 3.63) is 62.8 Å². The molecule has 1 aliphatic carbocycles. The molecule has 0 unspecified atom stereocenters. The van der Waals surface area contributed by atoms with Crippen molar-refractivity contribution in [3.8, 4) is 22.9 Å². The van der Waals surface area contributed by atoms with Crippen molar-refractivity contribution in [1.82, 2.24) is 9.97 Å². The number of furan rings is 1. The van der Waals surface area contributed by atoms with E-state index < -0.39 is 0 Å². The Balaban J connectivity index is 1.47. The van der Waals surface area contributed by atoms with Crippen LogP contribution in [0.5, 0.6) is 0 Å². The van der Waals surface area contributed by atoms with Gasteiger partial charge in [-0.15, -0.1) is 11.3 Å². The number of aromatic amines is 1. The molecule has 30 heavy (non-hydrogen) atoms. The van der Waals surface area contributed by atoms with E-state index in [1.165, 1.54) is 16.9 Å². The Bertz CT molecular complexity index is 1300. The van der Waals surface area contributed by atoms with Gasteiger partial charge in [-0.25, -0.2) is 9.78 Å². The molecule has 0 aliphatic heterocycles. The van der Waals surface area contributed by atoms with Crippen LogP contribution in [0, 0.1) is 0 Å². The molecule has 5 rings (SSSR count). The third-order valence-corrected chi connectivity index (χ3v) is 6.53. The van der Waals surface area contributed by atoms with Crippen LogP contribution in [0.2, 0.25) is 0 Å². The number of nitrogens with zero attached hydrogens (tertiary/aromatic N) is 1. The summed E-state index contributed by atoms with van der Waals surface area (Å²) >= 11 is 1.62. The number of rotatable bonds is 4. The fourth-order valence-electron chi connectivity index (χ4n) is 3.89. The molecule has 6 nitrogen and oxygen atoms in total. The maximum absolute atomic E-state index is 12.8. The summed E-state index contributed by atoms with van der Waals surface area (Å²) in [5.41, 5.74) is 2.38. The maximum Gasteiger partial charge on any atom is 0.338 e. The number of carbonyl (C=O) groups is 1. The first-order valence-electron chi connectivity index (χ1n) is 10.1. The van der Waals surface area contributed by atoms with Gasteiger partial charge in [0.25, 0.3) is 5.56 Å². The number of hydrogen-bond acceptors (Lipinski definition) is 6. The molecule has 1 N–H and O–H groups in total. The van der Waals surface area contributed by atoms with Gasteiger partial charge in [-0.1, -0.05) is 12.1 Å². The van der Waals surface area contributed by atoms with Gasteiger partial charge in [-0.2, -0.15) is 0 Å². The van der Waals surface area contributed by atoms with Crippen LogP contribution in [0.4, 0.5) is 0 Å². The Labute approximate surface area is 176 Å². The van der Waals surface area contributed by atoms with E-state index >= 15 is 0 Å². The number of H-pyrrole nitrogens is 1. The number of fused-ring (bicyclic) bond motifs is 3. The second-order valence-corrected chi connectivity index (χ2v) is 8.35. The molecule has 1 aromatic carbocycles. The van der Waals surface area contributed by atoms with Gasteiger partial charge in [0.05, 0.1) is 17.6 Å². The highest BCUT2D eigenvalue weighted by Crippen LogP contribution is 2.35. The molecule has 3 aromatic heterocycles. The first-order valence-corrected chi connectivity index (χ1v) is 10.9. The zero-order valence-electron chi connectivity index (χ0n) is 16.5. The molecule has 0 amide bonds. The van der Waals surface area contributed by atoms with Gasteiger partial charge in [-0.05, 0) is 62.4 Å². The second kappa shape index (κ2) is 7.57. The average Bonchev–Trinajstić information content (AvgIpc) is 3.39. The van der Waals surface area contributed by atoms with Crippen LogP contribution in [0.25, 0.3) is 33.1 Å². The fraction of sp³-hybridized carbons (Fsp3) is 0.261. The van der Waals surface area contributed by atoms with E-state index in [2.05, 4.69) is 9.97 Å². The summed E-state index contributed by atoms with van der Waals surface area (Å²) in [6, 6.07) is 10.7. The Morgan fingerprint density at radius 3 is 2.70 bits per heavy atom. The smallest absolute Gasteiger partial charge is 0.338 e. The van der Waals surface area contributed by atoms with E-state index in [4.69, 9.17) is 9.15 Å². The SMILES string of the molecule is CCOC(=O)c1ccc(-c2ccc(-c3nc4sc5c(c4c(=O)[nH]3)CCCC5)o2)cc1. The summed E-state index contributed by atoms with van der Waals surface area (Å²) in [6.45, 7) is 2.11. The summed E-state index contributed by atoms with van der Waals surface area (Å²) < 4.78 is 11.0. The van der Waals surface area contributed by atoms with Gasteiger partial charge < -0.3 is 14.1 Å². The molecular formula is C23H20N2O4S. The first kappa shape index (κ1) is 18.8. The number of ether oxygens (including phenoxy) is 1. The molecule has 0 atom stereocenters. The maximum atomic E-state index is 12.8. The number of thiophene rings is 1. The van der Waals surface area contributed by atoms with Gasteiger partial charge in [0.15, 0.2) is 11.6 Å². The standard InChI is InChI=1S/C23H20N2O4S/c1-2-28-23(27)14-9-7-13(8-10-14)16-11-12-17(29-16)20-24-21(26)19-15-5-3-4-6-18(15)30-22(19)25-20/h7-12H,2-6H2,1H3,(H,24,25,26). The zero-order chi connectivity index (χ0) is 20.7. The Morgan fingerprint density at radius 1 is 1.13 bits per heavy atom. The third kappa shape index (κ3) is 3.25. The molecule has 3 heterocycles. The number of aryl methyl sites for hydroxylation is 2. The lowest BCUT2D eigenvalue weighted by molar-refractivity contribution is 0.0526. The second-order valence-electron chi connectivity index (χ2n) is 7.27. The summed E-state index contributed by atoms with van der Waals surface area (Å²) in [4.78, 5) is 34.2. The molecule has 1 aliphatic rings. The first-order chi connectivity index (χ1) is 14.6. The third-order valence-electron chi connectivity index (χ3n) is 5.35. The minimum atomic E-state index is -0.349. The van der Waals surface area contributed by atoms with Crippen molar-refractivity contribution in [2.45, 2.75) is 32.6 Å². The van der Waals surface area contributed by atoms with E-state index in [9.17, 15) is 9.59 Å². The Hall–Kier alpha value is -3.19. The quantitative estimate of drug-likeness (QED) is 0.471. The highest BCUT2D eigenvalue weighted by atomic mass is 32.1. The molecule has 7 heteroatoms. The van der Waals surface area contributed by atoms with Gasteiger partial charge in [0, 0.05) is 10.4 Å². The monoisotopic (exact) mass is 420 g/mol. The number of carbonyl (C=O) groups excluding carboxylic acids is 1. The van der Waals surface area contributed by atoms with E-state index in [0.29, 0.717) is 29.5 Å². The lowest BCUT2D eigenvalue weighted by Crippen LogP contribution is -2.11. The molecule has 0 saturated carbocycles. The normalized spacial score (nSPS) is 13.4. The van der Waals surface area contributed by atoms with Crippen LogP contribution in [0.15, 0.2) is 45.6 Å². The van der Waals surface area contributed by atoms with E-state index in [1.807, 2.05) is 18.2 Å². The van der Waals surface area contributed by atoms with Crippen molar-refractivity contribution in [2.75, 3.05) is 6.61 Å². The lowest BCUT2D eigenvalue weighted by atomic mass is 9.97. The topological polar surface area (TPSA) is 85.2 Å². The highest BCUT2D eigenvalue weighted by molar-refractivity contribution is 7.18. The molecule has 0 bridgehead atoms. The van der Waals surface area contributed by atoms with E-state index in [-0.39, 0.29) is 11.5 Å². The molecule has 0 fully saturated rings. The van der Waals surface area contributed by atoms with Gasteiger partial charge in [0.1, 0.15) is 10.6 Å². The minimum absolute atomic E-state index is 0.105. The molecule has 4 aromatic rings. The van der Waals surface area contributed by atoms with Crippen molar-refractivity contribution < 1.29 is 13.9 Å². The predicted molar refractivity (Wildman–Crippen MR) is 116 cm³/mol. The van der Waals surface area contributed by atoms with Crippen molar-refractivity contribution in [2.24, 2.45) is 0 Å². The predicted octanol–water partition coefficient (Wildman–Crippen LogP) is 4.97. The van der Waals surface area contributed by atoms with E-state index in [0.717, 1.165) is 35.0 Å². The zero-order valence-corrected chi connectivity index (χ0v) is 17.3. The van der Waals surface area contributed by atoms with Gasteiger partial charge in [0.2, 0.25) is 0 Å². The van der Waals surface area contributed by atoms with Crippen LogP contribution in [-0.2, 0) is 17.6 Å². The fourth-order valence-corrected chi connectivity index (χ4v) is 5.15. The van der Waals surface area contributed by atoms with Crippen LogP contribution in [-0.4, -0.2) is 22.5 Å². The highest BCUT2D eigenvalue weighted by Gasteiger charge is 2.21. The summed E-state index contributed by atoms with van der Waals surface area (Å²) in [7, 11) is 0. The van der Waals surface area contributed by atoms with Crippen LogP contribution in [0.1, 0.15) is 40.6 Å².